The molecule has 0 fully saturated rings. The van der Waals surface area contributed by atoms with E-state index in [9.17, 15) is 14.3 Å². The quantitative estimate of drug-likeness (QED) is 0.880. The number of nitrogens with one attached hydrogen (secondary N) is 1. The Labute approximate surface area is 114 Å². The fraction of sp³-hybridized carbons (Fsp3) is 0.0714. The normalized spacial score (nSPS) is 10.3. The van der Waals surface area contributed by atoms with Crippen molar-refractivity contribution in [2.45, 2.75) is 6.92 Å². The van der Waals surface area contributed by atoms with E-state index in [1.807, 2.05) is 0 Å². The molecule has 5 heteroatoms. The van der Waals surface area contributed by atoms with Crippen LogP contribution in [0.2, 0.25) is 5.02 Å². The Bertz CT molecular complexity index is 643. The first-order chi connectivity index (χ1) is 9.00. The minimum absolute atomic E-state index is 0.0596. The minimum atomic E-state index is -0.764. The lowest BCUT2D eigenvalue weighted by Gasteiger charge is -2.10. The van der Waals surface area contributed by atoms with Crippen LogP contribution in [0.25, 0.3) is 0 Å². The molecule has 1 amide bonds. The van der Waals surface area contributed by atoms with Gasteiger partial charge in [-0.3, -0.25) is 4.79 Å². The molecule has 2 N–H and O–H groups in total. The molecule has 0 saturated carbocycles. The zero-order valence-corrected chi connectivity index (χ0v) is 10.8. The maximum atomic E-state index is 13.7. The Morgan fingerprint density at radius 1 is 1.26 bits per heavy atom. The Hall–Kier alpha value is -2.07. The van der Waals surface area contributed by atoms with Crippen LogP contribution in [0, 0.1) is 12.7 Å². The first kappa shape index (κ1) is 13.4. The van der Waals surface area contributed by atoms with E-state index in [0.29, 0.717) is 11.3 Å². The third-order valence-electron chi connectivity index (χ3n) is 2.75. The van der Waals surface area contributed by atoms with Gasteiger partial charge in [0.25, 0.3) is 5.91 Å². The summed E-state index contributed by atoms with van der Waals surface area (Å²) in [7, 11) is 0. The van der Waals surface area contributed by atoms with Crippen molar-refractivity contribution < 1.29 is 14.3 Å². The fourth-order valence-electron chi connectivity index (χ4n) is 1.63. The van der Waals surface area contributed by atoms with Crippen LogP contribution >= 0.6 is 11.6 Å². The van der Waals surface area contributed by atoms with E-state index in [1.54, 1.807) is 19.1 Å². The van der Waals surface area contributed by atoms with Crippen LogP contribution in [0.15, 0.2) is 36.4 Å². The number of hydrogen-bond donors (Lipinski definition) is 2. The molecule has 2 rings (SSSR count). The van der Waals surface area contributed by atoms with Gasteiger partial charge in [-0.1, -0.05) is 23.7 Å². The van der Waals surface area contributed by atoms with Crippen molar-refractivity contribution in [2.75, 3.05) is 5.32 Å². The maximum absolute atomic E-state index is 13.7. The largest absolute Gasteiger partial charge is 0.508 e. The lowest BCUT2D eigenvalue weighted by atomic mass is 10.1. The van der Waals surface area contributed by atoms with Crippen molar-refractivity contribution in [3.8, 4) is 5.75 Å². The smallest absolute Gasteiger partial charge is 0.258 e. The molecule has 0 aliphatic rings. The second-order valence-electron chi connectivity index (χ2n) is 4.01. The second-order valence-corrected chi connectivity index (χ2v) is 4.41. The van der Waals surface area contributed by atoms with Crippen molar-refractivity contribution in [3.63, 3.8) is 0 Å². The van der Waals surface area contributed by atoms with E-state index in [1.165, 1.54) is 24.3 Å². The Morgan fingerprint density at radius 2 is 1.95 bits per heavy atom. The van der Waals surface area contributed by atoms with Crippen molar-refractivity contribution in [3.05, 3.63) is 58.4 Å². The second kappa shape index (κ2) is 5.28. The number of anilines is 1. The van der Waals surface area contributed by atoms with E-state index in [-0.39, 0.29) is 16.3 Å². The standard InChI is InChI=1S/C14H11ClFNO2/c1-8-11(6-3-7-12(8)18)17-14(19)9-4-2-5-10(15)13(9)16/h2-7,18H,1H3,(H,17,19). The van der Waals surface area contributed by atoms with Crippen LogP contribution in [0.5, 0.6) is 5.75 Å². The molecule has 0 aliphatic heterocycles. The summed E-state index contributed by atoms with van der Waals surface area (Å²) in [5, 5.41) is 12.0. The number of aromatic hydroxyl groups is 1. The highest BCUT2D eigenvalue weighted by Crippen LogP contribution is 2.25. The van der Waals surface area contributed by atoms with Crippen molar-refractivity contribution in [2.24, 2.45) is 0 Å². The molecule has 0 radical (unpaired) electrons. The highest BCUT2D eigenvalue weighted by molar-refractivity contribution is 6.31. The average molecular weight is 280 g/mol. The molecule has 0 heterocycles. The molecule has 0 aliphatic carbocycles. The molecule has 0 atom stereocenters. The van der Waals surface area contributed by atoms with Crippen molar-refractivity contribution in [1.29, 1.82) is 0 Å². The lowest BCUT2D eigenvalue weighted by molar-refractivity contribution is 0.102. The summed E-state index contributed by atoms with van der Waals surface area (Å²) >= 11 is 5.62. The number of rotatable bonds is 2. The van der Waals surface area contributed by atoms with Gasteiger partial charge in [0.05, 0.1) is 10.6 Å². The average Bonchev–Trinajstić information content (AvgIpc) is 2.38. The van der Waals surface area contributed by atoms with Gasteiger partial charge in [0, 0.05) is 11.3 Å². The zero-order valence-electron chi connectivity index (χ0n) is 10.1. The predicted molar refractivity (Wildman–Crippen MR) is 72.2 cm³/mol. The molecular formula is C14H11ClFNO2. The summed E-state index contributed by atoms with van der Waals surface area (Å²) < 4.78 is 13.7. The first-order valence-corrected chi connectivity index (χ1v) is 5.92. The number of benzene rings is 2. The number of hydrogen-bond acceptors (Lipinski definition) is 2. The number of carbonyl (C=O) groups excluding carboxylic acids is 1. The number of carbonyl (C=O) groups is 1. The molecule has 2 aromatic rings. The third kappa shape index (κ3) is 2.69. The van der Waals surface area contributed by atoms with Gasteiger partial charge in [-0.25, -0.2) is 4.39 Å². The number of phenols is 1. The molecule has 19 heavy (non-hydrogen) atoms. The minimum Gasteiger partial charge on any atom is -0.508 e. The summed E-state index contributed by atoms with van der Waals surface area (Å²) in [5.74, 6) is -1.32. The van der Waals surface area contributed by atoms with Gasteiger partial charge >= 0.3 is 0 Å². The number of phenolic OH excluding ortho intramolecular Hbond substituents is 1. The molecule has 2 aromatic carbocycles. The number of amides is 1. The molecule has 0 bridgehead atoms. The Kier molecular flexibility index (Phi) is 3.71. The van der Waals surface area contributed by atoms with Crippen LogP contribution in [-0.4, -0.2) is 11.0 Å². The van der Waals surface area contributed by atoms with E-state index in [2.05, 4.69) is 5.32 Å². The van der Waals surface area contributed by atoms with Crippen LogP contribution in [-0.2, 0) is 0 Å². The van der Waals surface area contributed by atoms with Gasteiger partial charge in [-0.05, 0) is 31.2 Å². The molecule has 0 saturated heterocycles. The molecule has 98 valence electrons. The predicted octanol–water partition coefficient (Wildman–Crippen LogP) is 3.75. The highest BCUT2D eigenvalue weighted by atomic mass is 35.5. The third-order valence-corrected chi connectivity index (χ3v) is 3.04. The summed E-state index contributed by atoms with van der Waals surface area (Å²) in [4.78, 5) is 12.0. The van der Waals surface area contributed by atoms with Gasteiger partial charge in [-0.15, -0.1) is 0 Å². The topological polar surface area (TPSA) is 49.3 Å². The van der Waals surface area contributed by atoms with Gasteiger partial charge in [0.15, 0.2) is 5.82 Å². The summed E-state index contributed by atoms with van der Waals surface area (Å²) in [6.45, 7) is 1.65. The zero-order chi connectivity index (χ0) is 14.0. The number of halogens is 2. The van der Waals surface area contributed by atoms with Crippen molar-refractivity contribution in [1.82, 2.24) is 0 Å². The molecule has 0 unspecified atom stereocenters. The first-order valence-electron chi connectivity index (χ1n) is 5.54. The van der Waals surface area contributed by atoms with Gasteiger partial charge in [-0.2, -0.15) is 0 Å². The molecule has 0 aromatic heterocycles. The van der Waals surface area contributed by atoms with E-state index in [4.69, 9.17) is 11.6 Å². The van der Waals surface area contributed by atoms with Crippen LogP contribution in [0.3, 0.4) is 0 Å². The molecular weight excluding hydrogens is 269 g/mol. The summed E-state index contributed by atoms with van der Waals surface area (Å²) in [6, 6.07) is 8.92. The van der Waals surface area contributed by atoms with Gasteiger partial charge < -0.3 is 10.4 Å². The molecule has 3 nitrogen and oxygen atoms in total. The molecule has 0 spiro atoms. The van der Waals surface area contributed by atoms with Crippen LogP contribution in [0.4, 0.5) is 10.1 Å². The Balaban J connectivity index is 2.31. The summed E-state index contributed by atoms with van der Waals surface area (Å²) in [6.07, 6.45) is 0. The van der Waals surface area contributed by atoms with E-state index < -0.39 is 11.7 Å². The van der Waals surface area contributed by atoms with Gasteiger partial charge in [0.2, 0.25) is 0 Å². The summed E-state index contributed by atoms with van der Waals surface area (Å²) in [5.41, 5.74) is 0.790. The van der Waals surface area contributed by atoms with Gasteiger partial charge in [0.1, 0.15) is 5.75 Å². The fourth-order valence-corrected chi connectivity index (χ4v) is 1.80. The van der Waals surface area contributed by atoms with Crippen LogP contribution in [0.1, 0.15) is 15.9 Å². The van der Waals surface area contributed by atoms with E-state index in [0.717, 1.165) is 0 Å². The van der Waals surface area contributed by atoms with Crippen LogP contribution < -0.4 is 5.32 Å². The monoisotopic (exact) mass is 279 g/mol. The Morgan fingerprint density at radius 3 is 2.68 bits per heavy atom. The lowest BCUT2D eigenvalue weighted by Crippen LogP contribution is -2.14. The van der Waals surface area contributed by atoms with E-state index >= 15 is 0 Å². The highest BCUT2D eigenvalue weighted by Gasteiger charge is 2.15. The van der Waals surface area contributed by atoms with Crippen molar-refractivity contribution >= 4 is 23.2 Å². The SMILES string of the molecule is Cc1c(O)cccc1NC(=O)c1cccc(Cl)c1F. The maximum Gasteiger partial charge on any atom is 0.258 e.